The minimum Gasteiger partial charge on any atom is -0.507 e. The number of rotatable bonds is 10. The lowest BCUT2D eigenvalue weighted by atomic mass is 9.98. The summed E-state index contributed by atoms with van der Waals surface area (Å²) in [5.41, 5.74) is 2.21. The van der Waals surface area contributed by atoms with Gasteiger partial charge in [-0.3, -0.25) is 0 Å². The van der Waals surface area contributed by atoms with Gasteiger partial charge in [0, 0.05) is 30.6 Å². The van der Waals surface area contributed by atoms with E-state index in [1.54, 1.807) is 24.3 Å². The lowest BCUT2D eigenvalue weighted by Gasteiger charge is -2.20. The van der Waals surface area contributed by atoms with Gasteiger partial charge in [0.1, 0.15) is 17.3 Å². The molecule has 178 valence electrons. The summed E-state index contributed by atoms with van der Waals surface area (Å²) in [5.74, 6) is -0.651. The Morgan fingerprint density at radius 3 is 2.23 bits per heavy atom. The maximum absolute atomic E-state index is 12.9. The number of ether oxygens (including phenoxy) is 1. The summed E-state index contributed by atoms with van der Waals surface area (Å²) in [5, 5.41) is 22.9. The van der Waals surface area contributed by atoms with Gasteiger partial charge in [0.05, 0.1) is 5.56 Å². The first-order chi connectivity index (χ1) is 17.0. The van der Waals surface area contributed by atoms with Crippen LogP contribution in [0.5, 0.6) is 11.5 Å². The van der Waals surface area contributed by atoms with Gasteiger partial charge in [-0.05, 0) is 35.4 Å². The Hall–Kier alpha value is -4.36. The molecule has 35 heavy (non-hydrogen) atoms. The van der Waals surface area contributed by atoms with E-state index >= 15 is 0 Å². The van der Waals surface area contributed by atoms with Crippen molar-refractivity contribution in [1.29, 1.82) is 0 Å². The molecule has 3 aromatic carbocycles. The van der Waals surface area contributed by atoms with Crippen LogP contribution in [0.15, 0.2) is 100 Å². The molecule has 7 nitrogen and oxygen atoms in total. The molecule has 3 N–H and O–H groups in total. The third-order valence-electron chi connectivity index (χ3n) is 5.53. The number of carbonyl (C=O) groups is 1. The van der Waals surface area contributed by atoms with Gasteiger partial charge >= 0.3 is 11.6 Å². The Balaban J connectivity index is 1.55. The average molecular weight is 472 g/mol. The number of carboxylic acids is 1. The van der Waals surface area contributed by atoms with Crippen molar-refractivity contribution in [1.82, 2.24) is 5.32 Å². The van der Waals surface area contributed by atoms with Crippen molar-refractivity contribution in [3.8, 4) is 22.8 Å². The van der Waals surface area contributed by atoms with Gasteiger partial charge in [0.2, 0.25) is 0 Å². The molecule has 0 bridgehead atoms. The van der Waals surface area contributed by atoms with Gasteiger partial charge in [-0.1, -0.05) is 60.7 Å². The fourth-order valence-electron chi connectivity index (χ4n) is 3.73. The number of hydrogen-bond acceptors (Lipinski definition) is 6. The Morgan fingerprint density at radius 2 is 1.60 bits per heavy atom. The van der Waals surface area contributed by atoms with Crippen LogP contribution in [-0.2, 0) is 17.8 Å². The van der Waals surface area contributed by atoms with Crippen molar-refractivity contribution in [2.75, 3.05) is 6.61 Å². The van der Waals surface area contributed by atoms with Crippen molar-refractivity contribution < 1.29 is 24.2 Å². The summed E-state index contributed by atoms with van der Waals surface area (Å²) in [7, 11) is 0. The second-order valence-corrected chi connectivity index (χ2v) is 8.00. The lowest BCUT2D eigenvalue weighted by Crippen LogP contribution is -2.25. The molecule has 1 atom stereocenters. The second-order valence-electron chi connectivity index (χ2n) is 8.00. The molecular weight excluding hydrogens is 446 g/mol. The quantitative estimate of drug-likeness (QED) is 0.311. The summed E-state index contributed by atoms with van der Waals surface area (Å²) in [6.07, 6.45) is 0.243. The minimum atomic E-state index is -1.08. The minimum absolute atomic E-state index is 0.148. The zero-order valence-electron chi connectivity index (χ0n) is 18.9. The Kier molecular flexibility index (Phi) is 7.60. The number of carboxylic acid groups (broad SMARTS) is 1. The van der Waals surface area contributed by atoms with E-state index in [0.717, 1.165) is 11.1 Å². The van der Waals surface area contributed by atoms with Crippen LogP contribution < -0.4 is 15.7 Å². The van der Waals surface area contributed by atoms with Crippen LogP contribution in [0.1, 0.15) is 22.7 Å². The van der Waals surface area contributed by atoms with Crippen LogP contribution in [0.2, 0.25) is 0 Å². The van der Waals surface area contributed by atoms with E-state index in [0.29, 0.717) is 17.9 Å². The maximum atomic E-state index is 12.9. The number of hydrogen-bond donors (Lipinski definition) is 3. The van der Waals surface area contributed by atoms with E-state index in [4.69, 9.17) is 14.3 Å². The fourth-order valence-corrected chi connectivity index (χ4v) is 3.73. The van der Waals surface area contributed by atoms with Crippen molar-refractivity contribution in [3.05, 3.63) is 118 Å². The molecule has 0 aliphatic carbocycles. The van der Waals surface area contributed by atoms with E-state index in [1.165, 1.54) is 6.07 Å². The number of aliphatic carboxylic acids is 1. The Bertz CT molecular complexity index is 1320. The summed E-state index contributed by atoms with van der Waals surface area (Å²) in [6, 6.07) is 27.3. The van der Waals surface area contributed by atoms with Gasteiger partial charge in [0.15, 0.2) is 6.61 Å². The first-order valence-corrected chi connectivity index (χ1v) is 11.1. The molecule has 1 aromatic heterocycles. The van der Waals surface area contributed by atoms with Gasteiger partial charge in [0.25, 0.3) is 0 Å². The smallest absolute Gasteiger partial charge is 0.343 e. The third kappa shape index (κ3) is 6.37. The highest BCUT2D eigenvalue weighted by Gasteiger charge is 2.19. The van der Waals surface area contributed by atoms with Crippen molar-refractivity contribution >= 4 is 5.97 Å². The SMILES string of the molecule is O=C(O)COc1ccc(-c2cc(O)c(CC(NCc3ccccc3)c3ccccc3)c(=O)o2)cc1. The summed E-state index contributed by atoms with van der Waals surface area (Å²) >= 11 is 0. The van der Waals surface area contributed by atoms with Crippen LogP contribution in [0.3, 0.4) is 0 Å². The predicted octanol–water partition coefficient (Wildman–Crippen LogP) is 4.55. The molecule has 1 unspecified atom stereocenters. The molecule has 0 aliphatic heterocycles. The summed E-state index contributed by atoms with van der Waals surface area (Å²) in [4.78, 5) is 23.5. The molecule has 4 rings (SSSR count). The molecule has 0 fully saturated rings. The standard InChI is InChI=1S/C28H25NO6/c30-25-16-26(21-11-13-22(14-12-21)34-18-27(31)32)35-28(33)23(25)15-24(20-9-5-2-6-10-20)29-17-19-7-3-1-4-8-19/h1-14,16,24,29-30H,15,17-18H2,(H,31,32). The van der Waals surface area contributed by atoms with Gasteiger partial charge in [-0.15, -0.1) is 0 Å². The van der Waals surface area contributed by atoms with Crippen LogP contribution in [-0.4, -0.2) is 22.8 Å². The highest BCUT2D eigenvalue weighted by atomic mass is 16.5. The summed E-state index contributed by atoms with van der Waals surface area (Å²) < 4.78 is 10.7. The largest absolute Gasteiger partial charge is 0.507 e. The predicted molar refractivity (Wildman–Crippen MR) is 131 cm³/mol. The number of nitrogens with one attached hydrogen (secondary N) is 1. The Morgan fingerprint density at radius 1 is 0.943 bits per heavy atom. The van der Waals surface area contributed by atoms with E-state index in [-0.39, 0.29) is 29.5 Å². The first kappa shape index (κ1) is 23.8. The molecule has 0 radical (unpaired) electrons. The van der Waals surface area contributed by atoms with Crippen molar-refractivity contribution in [2.24, 2.45) is 0 Å². The van der Waals surface area contributed by atoms with Crippen LogP contribution in [0.4, 0.5) is 0 Å². The van der Waals surface area contributed by atoms with Crippen molar-refractivity contribution in [3.63, 3.8) is 0 Å². The second kappa shape index (κ2) is 11.2. The summed E-state index contributed by atoms with van der Waals surface area (Å²) in [6.45, 7) is 0.145. The molecule has 0 amide bonds. The maximum Gasteiger partial charge on any atom is 0.343 e. The molecule has 1 heterocycles. The molecular formula is C28H25NO6. The first-order valence-electron chi connectivity index (χ1n) is 11.1. The Labute approximate surface area is 202 Å². The van der Waals surface area contributed by atoms with E-state index in [1.807, 2.05) is 60.7 Å². The third-order valence-corrected chi connectivity index (χ3v) is 5.53. The topological polar surface area (TPSA) is 109 Å². The monoisotopic (exact) mass is 471 g/mol. The fraction of sp³-hybridized carbons (Fsp3) is 0.143. The van der Waals surface area contributed by atoms with Gasteiger partial charge in [-0.25, -0.2) is 9.59 Å². The van der Waals surface area contributed by atoms with Gasteiger partial charge in [-0.2, -0.15) is 0 Å². The molecule has 0 aliphatic rings. The molecule has 0 saturated heterocycles. The van der Waals surface area contributed by atoms with Crippen LogP contribution >= 0.6 is 0 Å². The highest BCUT2D eigenvalue weighted by Crippen LogP contribution is 2.28. The van der Waals surface area contributed by atoms with Gasteiger partial charge < -0.3 is 24.7 Å². The van der Waals surface area contributed by atoms with E-state index in [2.05, 4.69) is 5.32 Å². The normalized spacial score (nSPS) is 11.7. The van der Waals surface area contributed by atoms with E-state index in [9.17, 15) is 14.7 Å². The van der Waals surface area contributed by atoms with Crippen molar-refractivity contribution in [2.45, 2.75) is 19.0 Å². The highest BCUT2D eigenvalue weighted by molar-refractivity contribution is 5.68. The molecule has 0 spiro atoms. The van der Waals surface area contributed by atoms with Crippen LogP contribution in [0, 0.1) is 0 Å². The number of aromatic hydroxyl groups is 1. The molecule has 4 aromatic rings. The zero-order chi connectivity index (χ0) is 24.6. The molecule has 7 heteroatoms. The van der Waals surface area contributed by atoms with Crippen LogP contribution in [0.25, 0.3) is 11.3 Å². The van der Waals surface area contributed by atoms with E-state index < -0.39 is 18.2 Å². The molecule has 0 saturated carbocycles. The lowest BCUT2D eigenvalue weighted by molar-refractivity contribution is -0.139. The average Bonchev–Trinajstić information content (AvgIpc) is 2.88. The number of benzene rings is 3. The zero-order valence-corrected chi connectivity index (χ0v) is 18.9.